The normalized spacial score (nSPS) is 10.2. The van der Waals surface area contributed by atoms with Crippen LogP contribution in [0.3, 0.4) is 0 Å². The molecule has 0 atom stereocenters. The minimum absolute atomic E-state index is 0.354. The highest BCUT2D eigenvalue weighted by Gasteiger charge is 2.08. The van der Waals surface area contributed by atoms with Crippen molar-refractivity contribution >= 4 is 39.8 Å². The number of ether oxygens (including phenoxy) is 1. The fraction of sp³-hybridized carbons (Fsp3) is 0.0588. The van der Waals surface area contributed by atoms with Gasteiger partial charge in [-0.3, -0.25) is 5.32 Å². The number of carbonyl (C=O) groups excluding carboxylic acids is 1. The molecule has 0 radical (unpaired) electrons. The molecule has 2 amide bonds. The van der Waals surface area contributed by atoms with Gasteiger partial charge < -0.3 is 10.1 Å². The Morgan fingerprint density at radius 1 is 1.08 bits per heavy atom. The van der Waals surface area contributed by atoms with Gasteiger partial charge in [0.05, 0.1) is 12.8 Å². The summed E-state index contributed by atoms with van der Waals surface area (Å²) in [5, 5.41) is 8.47. The largest absolute Gasteiger partial charge is 0.497 e. The predicted octanol–water partition coefficient (Wildman–Crippen LogP) is 5.12. The number of nitrogens with zero attached hydrogens (tertiary/aromatic N) is 1. The van der Waals surface area contributed by atoms with Gasteiger partial charge in [-0.15, -0.1) is 11.3 Å². The molecule has 1 heterocycles. The summed E-state index contributed by atoms with van der Waals surface area (Å²) in [6.07, 6.45) is 0. The SMILES string of the molecule is COc1ccc(-c2csc(NC(=O)Nc3ccc(Cl)cc3)n2)cc1. The second-order valence-electron chi connectivity index (χ2n) is 4.85. The molecule has 1 aromatic heterocycles. The predicted molar refractivity (Wildman–Crippen MR) is 98.2 cm³/mol. The summed E-state index contributed by atoms with van der Waals surface area (Å²) in [6, 6.07) is 14.1. The molecule has 122 valence electrons. The van der Waals surface area contributed by atoms with Gasteiger partial charge in [0.15, 0.2) is 5.13 Å². The highest BCUT2D eigenvalue weighted by molar-refractivity contribution is 7.14. The van der Waals surface area contributed by atoms with Crippen LogP contribution in [0.2, 0.25) is 5.02 Å². The van der Waals surface area contributed by atoms with Crippen LogP contribution in [0, 0.1) is 0 Å². The van der Waals surface area contributed by atoms with E-state index in [1.165, 1.54) is 11.3 Å². The van der Waals surface area contributed by atoms with E-state index >= 15 is 0 Å². The molecule has 24 heavy (non-hydrogen) atoms. The number of amides is 2. The number of halogens is 1. The fourth-order valence-electron chi connectivity index (χ4n) is 2.02. The zero-order valence-electron chi connectivity index (χ0n) is 12.7. The Labute approximate surface area is 148 Å². The zero-order chi connectivity index (χ0) is 16.9. The summed E-state index contributed by atoms with van der Waals surface area (Å²) in [6.45, 7) is 0. The average molecular weight is 360 g/mol. The van der Waals surface area contributed by atoms with Crippen LogP contribution in [-0.2, 0) is 0 Å². The minimum Gasteiger partial charge on any atom is -0.497 e. The summed E-state index contributed by atoms with van der Waals surface area (Å²) in [4.78, 5) is 16.4. The van der Waals surface area contributed by atoms with Crippen LogP contribution in [0.5, 0.6) is 5.75 Å². The molecule has 0 unspecified atom stereocenters. The molecular weight excluding hydrogens is 346 g/mol. The number of anilines is 2. The summed E-state index contributed by atoms with van der Waals surface area (Å²) < 4.78 is 5.14. The van der Waals surface area contributed by atoms with E-state index in [9.17, 15) is 4.79 Å². The van der Waals surface area contributed by atoms with Gasteiger partial charge in [-0.1, -0.05) is 11.6 Å². The van der Waals surface area contributed by atoms with Crippen LogP contribution < -0.4 is 15.4 Å². The van der Waals surface area contributed by atoms with Crippen molar-refractivity contribution in [1.82, 2.24) is 4.98 Å². The third-order valence-electron chi connectivity index (χ3n) is 3.21. The number of rotatable bonds is 4. The first-order chi connectivity index (χ1) is 11.6. The second-order valence-corrected chi connectivity index (χ2v) is 6.15. The molecule has 0 aliphatic rings. The van der Waals surface area contributed by atoms with E-state index < -0.39 is 0 Å². The third-order valence-corrected chi connectivity index (χ3v) is 4.22. The maximum atomic E-state index is 12.0. The van der Waals surface area contributed by atoms with Gasteiger partial charge in [0, 0.05) is 21.7 Å². The van der Waals surface area contributed by atoms with Crippen LogP contribution in [0.25, 0.3) is 11.3 Å². The molecule has 0 spiro atoms. The number of nitrogens with one attached hydrogen (secondary N) is 2. The Kier molecular flexibility index (Phi) is 4.98. The number of carbonyl (C=O) groups is 1. The summed E-state index contributed by atoms with van der Waals surface area (Å²) >= 11 is 7.17. The molecule has 3 rings (SSSR count). The Bertz CT molecular complexity index is 832. The highest BCUT2D eigenvalue weighted by Crippen LogP contribution is 2.26. The first kappa shape index (κ1) is 16.3. The number of aromatic nitrogens is 1. The van der Waals surface area contributed by atoms with Crippen LogP contribution in [0.1, 0.15) is 0 Å². The number of hydrogen-bond acceptors (Lipinski definition) is 4. The molecule has 3 aromatic rings. The molecule has 0 bridgehead atoms. The number of methoxy groups -OCH3 is 1. The topological polar surface area (TPSA) is 63.2 Å². The van der Waals surface area contributed by atoms with Crippen molar-refractivity contribution in [2.45, 2.75) is 0 Å². The monoisotopic (exact) mass is 359 g/mol. The number of urea groups is 1. The first-order valence-electron chi connectivity index (χ1n) is 7.07. The van der Waals surface area contributed by atoms with Crippen LogP contribution in [0.15, 0.2) is 53.9 Å². The van der Waals surface area contributed by atoms with Gasteiger partial charge in [0.2, 0.25) is 0 Å². The molecule has 2 N–H and O–H groups in total. The van der Waals surface area contributed by atoms with Crippen LogP contribution in [0.4, 0.5) is 15.6 Å². The molecule has 0 saturated carbocycles. The maximum absolute atomic E-state index is 12.0. The van der Waals surface area contributed by atoms with Crippen molar-refractivity contribution in [3.8, 4) is 17.0 Å². The Morgan fingerprint density at radius 2 is 1.79 bits per heavy atom. The van der Waals surface area contributed by atoms with Gasteiger partial charge in [-0.2, -0.15) is 0 Å². The van der Waals surface area contributed by atoms with Gasteiger partial charge in [0.1, 0.15) is 5.75 Å². The third kappa shape index (κ3) is 4.04. The lowest BCUT2D eigenvalue weighted by Gasteiger charge is -2.05. The van der Waals surface area contributed by atoms with E-state index in [2.05, 4.69) is 15.6 Å². The smallest absolute Gasteiger partial charge is 0.325 e. The first-order valence-corrected chi connectivity index (χ1v) is 8.33. The lowest BCUT2D eigenvalue weighted by molar-refractivity contribution is 0.262. The molecular formula is C17H14ClN3O2S. The number of benzene rings is 2. The van der Waals surface area contributed by atoms with E-state index in [0.29, 0.717) is 15.8 Å². The van der Waals surface area contributed by atoms with Gasteiger partial charge in [-0.05, 0) is 48.5 Å². The van der Waals surface area contributed by atoms with Crippen molar-refractivity contribution < 1.29 is 9.53 Å². The van der Waals surface area contributed by atoms with E-state index in [-0.39, 0.29) is 6.03 Å². The molecule has 7 heteroatoms. The van der Waals surface area contributed by atoms with Crippen molar-refractivity contribution in [3.05, 3.63) is 58.9 Å². The summed E-state index contributed by atoms with van der Waals surface area (Å²) in [7, 11) is 1.62. The van der Waals surface area contributed by atoms with Crippen molar-refractivity contribution in [2.24, 2.45) is 0 Å². The van der Waals surface area contributed by atoms with Gasteiger partial charge in [0.25, 0.3) is 0 Å². The van der Waals surface area contributed by atoms with E-state index in [4.69, 9.17) is 16.3 Å². The molecule has 0 aliphatic carbocycles. The Balaban J connectivity index is 1.64. The summed E-state index contributed by atoms with van der Waals surface area (Å²) in [5.41, 5.74) is 2.41. The highest BCUT2D eigenvalue weighted by atomic mass is 35.5. The van der Waals surface area contributed by atoms with Crippen LogP contribution in [-0.4, -0.2) is 18.1 Å². The maximum Gasteiger partial charge on any atom is 0.325 e. The second kappa shape index (κ2) is 7.33. The molecule has 0 aliphatic heterocycles. The Hall–Kier alpha value is -2.57. The van der Waals surface area contributed by atoms with Crippen molar-refractivity contribution in [3.63, 3.8) is 0 Å². The van der Waals surface area contributed by atoms with E-state index in [0.717, 1.165) is 17.0 Å². The standard InChI is InChI=1S/C17H14ClN3O2S/c1-23-14-8-2-11(3-9-14)15-10-24-17(20-15)21-16(22)19-13-6-4-12(18)5-7-13/h2-10H,1H3,(H2,19,20,21,22). The van der Waals surface area contributed by atoms with Gasteiger partial charge in [-0.25, -0.2) is 9.78 Å². The molecule has 0 fully saturated rings. The van der Waals surface area contributed by atoms with Crippen molar-refractivity contribution in [2.75, 3.05) is 17.7 Å². The molecule has 2 aromatic carbocycles. The fourth-order valence-corrected chi connectivity index (χ4v) is 2.86. The Morgan fingerprint density at radius 3 is 2.46 bits per heavy atom. The van der Waals surface area contributed by atoms with Crippen LogP contribution >= 0.6 is 22.9 Å². The van der Waals surface area contributed by atoms with Crippen molar-refractivity contribution in [1.29, 1.82) is 0 Å². The number of thiazole rings is 1. The molecule has 0 saturated heterocycles. The lowest BCUT2D eigenvalue weighted by atomic mass is 10.2. The number of hydrogen-bond donors (Lipinski definition) is 2. The van der Waals surface area contributed by atoms with E-state index in [1.807, 2.05) is 29.6 Å². The summed E-state index contributed by atoms with van der Waals surface area (Å²) in [5.74, 6) is 0.787. The molecule has 5 nitrogen and oxygen atoms in total. The lowest BCUT2D eigenvalue weighted by Crippen LogP contribution is -2.19. The average Bonchev–Trinajstić information content (AvgIpc) is 3.05. The van der Waals surface area contributed by atoms with E-state index in [1.54, 1.807) is 31.4 Å². The zero-order valence-corrected chi connectivity index (χ0v) is 14.3. The quantitative estimate of drug-likeness (QED) is 0.679. The minimum atomic E-state index is -0.354. The van der Waals surface area contributed by atoms with Gasteiger partial charge >= 0.3 is 6.03 Å².